The van der Waals surface area contributed by atoms with Crippen LogP contribution in [0, 0.1) is 6.92 Å². The van der Waals surface area contributed by atoms with E-state index in [1.54, 1.807) is 0 Å². The molecule has 2 heterocycles. The molecule has 2 aromatic rings. The Morgan fingerprint density at radius 2 is 2.11 bits per heavy atom. The maximum atomic E-state index is 4.39. The lowest BCUT2D eigenvalue weighted by Gasteiger charge is -2.24. The average Bonchev–Trinajstić information content (AvgIpc) is 2.81. The molecule has 1 aliphatic heterocycles. The molecule has 1 unspecified atom stereocenters. The molecule has 0 bridgehead atoms. The fourth-order valence-corrected chi connectivity index (χ4v) is 2.26. The maximum absolute atomic E-state index is 4.39. The van der Waals surface area contributed by atoms with Crippen molar-refractivity contribution in [2.24, 2.45) is 0 Å². The third-order valence-corrected chi connectivity index (χ3v) is 3.34. The minimum absolute atomic E-state index is 0.449. The second kappa shape index (κ2) is 4.33. The summed E-state index contributed by atoms with van der Waals surface area (Å²) in [5.74, 6) is 1.97. The van der Waals surface area contributed by atoms with Crippen LogP contribution in [0.1, 0.15) is 17.0 Å². The fourth-order valence-electron chi connectivity index (χ4n) is 2.26. The summed E-state index contributed by atoms with van der Waals surface area (Å²) >= 11 is 0. The van der Waals surface area contributed by atoms with Gasteiger partial charge in [-0.25, -0.2) is 4.68 Å². The molecule has 0 saturated carbocycles. The van der Waals surface area contributed by atoms with Crippen molar-refractivity contribution < 1.29 is 0 Å². The zero-order valence-electron chi connectivity index (χ0n) is 10.6. The molecule has 1 atom stereocenters. The van der Waals surface area contributed by atoms with Crippen LogP contribution in [0.25, 0.3) is 0 Å². The Kier molecular flexibility index (Phi) is 2.66. The third-order valence-electron chi connectivity index (χ3n) is 3.34. The summed E-state index contributed by atoms with van der Waals surface area (Å²) in [5, 5.41) is 10.7. The van der Waals surface area contributed by atoms with Gasteiger partial charge in [0.2, 0.25) is 11.9 Å². The molecule has 1 aromatic heterocycles. The molecule has 2 N–H and O–H groups in total. The van der Waals surface area contributed by atoms with Crippen molar-refractivity contribution in [3.8, 4) is 0 Å². The van der Waals surface area contributed by atoms with E-state index >= 15 is 0 Å². The summed E-state index contributed by atoms with van der Waals surface area (Å²) in [5.41, 5.74) is 2.64. The van der Waals surface area contributed by atoms with Gasteiger partial charge in [0.15, 0.2) is 0 Å². The summed E-state index contributed by atoms with van der Waals surface area (Å²) < 4.78 is 1.93. The minimum Gasteiger partial charge on any atom is -0.356 e. The van der Waals surface area contributed by atoms with Gasteiger partial charge in [-0.05, 0) is 12.5 Å². The second-order valence-electron chi connectivity index (χ2n) is 4.68. The van der Waals surface area contributed by atoms with Gasteiger partial charge in [-0.1, -0.05) is 29.8 Å². The summed E-state index contributed by atoms with van der Waals surface area (Å²) in [4.78, 5) is 4.34. The van der Waals surface area contributed by atoms with Crippen LogP contribution in [-0.2, 0) is 6.54 Å². The first-order chi connectivity index (χ1) is 8.76. The summed E-state index contributed by atoms with van der Waals surface area (Å²) in [7, 11) is 1.83. The number of anilines is 2. The topological polar surface area (TPSA) is 54.8 Å². The Labute approximate surface area is 106 Å². The molecule has 0 amide bonds. The van der Waals surface area contributed by atoms with Crippen molar-refractivity contribution in [3.05, 3.63) is 35.4 Å². The Hall–Kier alpha value is -2.04. The number of hydrogen-bond acceptors (Lipinski definition) is 4. The van der Waals surface area contributed by atoms with E-state index in [2.05, 4.69) is 51.9 Å². The van der Waals surface area contributed by atoms with Crippen molar-refractivity contribution in [3.63, 3.8) is 0 Å². The van der Waals surface area contributed by atoms with Crippen molar-refractivity contribution in [2.45, 2.75) is 19.4 Å². The van der Waals surface area contributed by atoms with E-state index in [4.69, 9.17) is 0 Å². The number of aryl methyl sites for hydroxylation is 1. The standard InChI is InChI=1S/C13H17N5/c1-9-3-5-10(6-4-9)11-7-15-13-16-12(14-2)17-18(13)8-11/h3-6,11H,7-8H2,1-2H3,(H2,14,15,16,17). The van der Waals surface area contributed by atoms with Crippen LogP contribution in [0.2, 0.25) is 0 Å². The van der Waals surface area contributed by atoms with E-state index < -0.39 is 0 Å². The number of nitrogens with one attached hydrogen (secondary N) is 2. The zero-order chi connectivity index (χ0) is 12.5. The molecule has 5 heteroatoms. The maximum Gasteiger partial charge on any atom is 0.243 e. The molecular formula is C13H17N5. The van der Waals surface area contributed by atoms with Crippen LogP contribution in [0.5, 0.6) is 0 Å². The molecule has 0 saturated heterocycles. The largest absolute Gasteiger partial charge is 0.356 e. The van der Waals surface area contributed by atoms with Gasteiger partial charge in [0, 0.05) is 19.5 Å². The highest BCUT2D eigenvalue weighted by molar-refractivity contribution is 5.38. The lowest BCUT2D eigenvalue weighted by atomic mass is 9.97. The quantitative estimate of drug-likeness (QED) is 0.845. The predicted octanol–water partition coefficient (Wildman–Crippen LogP) is 1.84. The minimum atomic E-state index is 0.449. The van der Waals surface area contributed by atoms with E-state index in [0.717, 1.165) is 19.0 Å². The first-order valence-corrected chi connectivity index (χ1v) is 6.19. The molecule has 3 rings (SSSR count). The lowest BCUT2D eigenvalue weighted by molar-refractivity contribution is 0.504. The molecular weight excluding hydrogens is 226 g/mol. The van der Waals surface area contributed by atoms with Gasteiger partial charge < -0.3 is 10.6 Å². The Balaban J connectivity index is 1.83. The van der Waals surface area contributed by atoms with Crippen LogP contribution in [0.4, 0.5) is 11.9 Å². The van der Waals surface area contributed by atoms with E-state index in [0.29, 0.717) is 11.9 Å². The van der Waals surface area contributed by atoms with Crippen LogP contribution >= 0.6 is 0 Å². The third kappa shape index (κ3) is 1.92. The first kappa shape index (κ1) is 11.1. The van der Waals surface area contributed by atoms with Gasteiger partial charge in [0.1, 0.15) is 0 Å². The summed E-state index contributed by atoms with van der Waals surface area (Å²) in [6.07, 6.45) is 0. The normalized spacial score (nSPS) is 18.0. The molecule has 1 aromatic carbocycles. The van der Waals surface area contributed by atoms with Gasteiger partial charge in [0.05, 0.1) is 6.54 Å². The van der Waals surface area contributed by atoms with E-state index in [1.807, 2.05) is 11.7 Å². The molecule has 0 spiro atoms. The summed E-state index contributed by atoms with van der Waals surface area (Å²) in [6.45, 7) is 3.89. The van der Waals surface area contributed by atoms with Crippen LogP contribution < -0.4 is 10.6 Å². The monoisotopic (exact) mass is 243 g/mol. The number of aromatic nitrogens is 3. The Morgan fingerprint density at radius 3 is 2.83 bits per heavy atom. The van der Waals surface area contributed by atoms with Gasteiger partial charge in [-0.3, -0.25) is 0 Å². The smallest absolute Gasteiger partial charge is 0.243 e. The van der Waals surface area contributed by atoms with Crippen LogP contribution in [0.15, 0.2) is 24.3 Å². The highest BCUT2D eigenvalue weighted by Gasteiger charge is 2.22. The Bertz CT molecular complexity index is 543. The number of benzene rings is 1. The number of nitrogens with zero attached hydrogens (tertiary/aromatic N) is 3. The molecule has 5 nitrogen and oxygen atoms in total. The lowest BCUT2D eigenvalue weighted by Crippen LogP contribution is -2.26. The van der Waals surface area contributed by atoms with Crippen LogP contribution in [-0.4, -0.2) is 28.4 Å². The highest BCUT2D eigenvalue weighted by Crippen LogP contribution is 2.25. The number of fused-ring (bicyclic) bond motifs is 1. The fraction of sp³-hybridized carbons (Fsp3) is 0.385. The predicted molar refractivity (Wildman–Crippen MR) is 72.0 cm³/mol. The van der Waals surface area contributed by atoms with Crippen molar-refractivity contribution in [1.82, 2.24) is 14.8 Å². The molecule has 18 heavy (non-hydrogen) atoms. The molecule has 1 aliphatic rings. The second-order valence-corrected chi connectivity index (χ2v) is 4.68. The molecule has 94 valence electrons. The molecule has 0 fully saturated rings. The Morgan fingerprint density at radius 1 is 1.33 bits per heavy atom. The average molecular weight is 243 g/mol. The van der Waals surface area contributed by atoms with Crippen molar-refractivity contribution in [1.29, 1.82) is 0 Å². The van der Waals surface area contributed by atoms with Crippen molar-refractivity contribution in [2.75, 3.05) is 24.2 Å². The van der Waals surface area contributed by atoms with Gasteiger partial charge in [-0.15, -0.1) is 5.10 Å². The van der Waals surface area contributed by atoms with E-state index in [1.165, 1.54) is 11.1 Å². The van der Waals surface area contributed by atoms with Crippen LogP contribution in [0.3, 0.4) is 0 Å². The molecule has 0 aliphatic carbocycles. The number of rotatable bonds is 2. The summed E-state index contributed by atoms with van der Waals surface area (Å²) in [6, 6.07) is 8.71. The highest BCUT2D eigenvalue weighted by atomic mass is 15.4. The first-order valence-electron chi connectivity index (χ1n) is 6.19. The van der Waals surface area contributed by atoms with Gasteiger partial charge in [-0.2, -0.15) is 4.98 Å². The van der Waals surface area contributed by atoms with Gasteiger partial charge >= 0.3 is 0 Å². The van der Waals surface area contributed by atoms with Crippen molar-refractivity contribution >= 4 is 11.9 Å². The SMILES string of the molecule is CNc1nc2n(n1)CC(c1ccc(C)cc1)CN2. The molecule has 0 radical (unpaired) electrons. The van der Waals surface area contributed by atoms with E-state index in [9.17, 15) is 0 Å². The number of hydrogen-bond donors (Lipinski definition) is 2. The van der Waals surface area contributed by atoms with Gasteiger partial charge in [0.25, 0.3) is 0 Å². The zero-order valence-corrected chi connectivity index (χ0v) is 10.6. The van der Waals surface area contributed by atoms with E-state index in [-0.39, 0.29) is 0 Å².